The van der Waals surface area contributed by atoms with E-state index in [1.54, 1.807) is 23.9 Å². The van der Waals surface area contributed by atoms with Crippen LogP contribution in [0.2, 0.25) is 0 Å². The summed E-state index contributed by atoms with van der Waals surface area (Å²) in [4.78, 5) is 0. The number of anilines is 1. The van der Waals surface area contributed by atoms with Gasteiger partial charge >= 0.3 is 0 Å². The summed E-state index contributed by atoms with van der Waals surface area (Å²) in [5.41, 5.74) is 8.40. The van der Waals surface area contributed by atoms with Crippen LogP contribution in [0.1, 0.15) is 17.3 Å². The highest BCUT2D eigenvalue weighted by Crippen LogP contribution is 2.31. The van der Waals surface area contributed by atoms with E-state index in [1.165, 1.54) is 6.07 Å². The third kappa shape index (κ3) is 3.19. The minimum absolute atomic E-state index is 0.175. The molecule has 0 radical (unpaired) electrons. The Balaban J connectivity index is 2.34. The second-order valence-electron chi connectivity index (χ2n) is 4.69. The summed E-state index contributed by atoms with van der Waals surface area (Å²) in [7, 11) is 3.42. The number of aromatic nitrogens is 2. The number of nitrogens with two attached hydrogens (primary N) is 1. The Bertz CT molecular complexity index is 644. The molecule has 5 nitrogen and oxygen atoms in total. The van der Waals surface area contributed by atoms with Crippen LogP contribution in [0.25, 0.3) is 0 Å². The monoisotopic (exact) mass is 356 g/mol. The lowest BCUT2D eigenvalue weighted by atomic mass is 10.1. The van der Waals surface area contributed by atoms with Gasteiger partial charge in [-0.3, -0.25) is 0 Å². The lowest BCUT2D eigenvalue weighted by Gasteiger charge is -2.19. The molecule has 0 amide bonds. The van der Waals surface area contributed by atoms with Gasteiger partial charge in [0, 0.05) is 19.3 Å². The summed E-state index contributed by atoms with van der Waals surface area (Å²) in [5.74, 6) is 0.358. The molecule has 1 aromatic heterocycles. The summed E-state index contributed by atoms with van der Waals surface area (Å²) in [5, 5.41) is 7.64. The summed E-state index contributed by atoms with van der Waals surface area (Å²) < 4.78 is 20.8. The van der Waals surface area contributed by atoms with Crippen LogP contribution in [0.15, 0.2) is 22.7 Å². The molecule has 1 aromatic carbocycles. The number of nitrogens with zero attached hydrogens (tertiary/aromatic N) is 2. The van der Waals surface area contributed by atoms with Crippen LogP contribution in [-0.4, -0.2) is 23.4 Å². The molecule has 114 valence electrons. The van der Waals surface area contributed by atoms with E-state index in [0.717, 1.165) is 16.9 Å². The van der Waals surface area contributed by atoms with Gasteiger partial charge in [0.15, 0.2) is 0 Å². The van der Waals surface area contributed by atoms with Crippen molar-refractivity contribution in [2.45, 2.75) is 13.0 Å². The molecule has 1 atom stereocenters. The van der Waals surface area contributed by atoms with Gasteiger partial charge in [0.25, 0.3) is 0 Å². The van der Waals surface area contributed by atoms with E-state index in [1.807, 2.05) is 14.0 Å². The zero-order valence-electron chi connectivity index (χ0n) is 12.2. The van der Waals surface area contributed by atoms with Gasteiger partial charge in [-0.2, -0.15) is 5.10 Å². The average Bonchev–Trinajstić information content (AvgIpc) is 2.74. The quantitative estimate of drug-likeness (QED) is 0.864. The second kappa shape index (κ2) is 6.44. The molecular weight excluding hydrogens is 339 g/mol. The number of benzene rings is 1. The summed E-state index contributed by atoms with van der Waals surface area (Å²) >= 11 is 3.17. The summed E-state index contributed by atoms with van der Waals surface area (Å²) in [6, 6.07) is 4.57. The molecule has 7 heteroatoms. The molecule has 0 aliphatic carbocycles. The number of halogens is 2. The Hall–Kier alpha value is -1.60. The predicted octanol–water partition coefficient (Wildman–Crippen LogP) is 2.75. The van der Waals surface area contributed by atoms with Crippen molar-refractivity contribution in [3.05, 3.63) is 39.7 Å². The molecule has 0 aliphatic heterocycles. The van der Waals surface area contributed by atoms with E-state index in [4.69, 9.17) is 10.5 Å². The fourth-order valence-corrected chi connectivity index (χ4v) is 2.71. The maximum Gasteiger partial charge on any atom is 0.216 e. The van der Waals surface area contributed by atoms with Crippen LogP contribution in [0.5, 0.6) is 5.88 Å². The largest absolute Gasteiger partial charge is 0.481 e. The van der Waals surface area contributed by atoms with Gasteiger partial charge < -0.3 is 15.8 Å². The summed E-state index contributed by atoms with van der Waals surface area (Å²) in [6.45, 7) is 2.26. The van der Waals surface area contributed by atoms with Crippen molar-refractivity contribution in [2.24, 2.45) is 12.8 Å². The third-order valence-corrected chi connectivity index (χ3v) is 3.86. The first kappa shape index (κ1) is 15.8. The number of methoxy groups -OCH3 is 1. The van der Waals surface area contributed by atoms with Crippen LogP contribution in [0.4, 0.5) is 10.1 Å². The van der Waals surface area contributed by atoms with Crippen molar-refractivity contribution in [3.8, 4) is 5.88 Å². The third-order valence-electron chi connectivity index (χ3n) is 3.25. The SMILES string of the molecule is COc1c(C(CN)Nc2ccc(F)c(Br)c2)c(C)nn1C. The van der Waals surface area contributed by atoms with Gasteiger partial charge in [-0.05, 0) is 41.1 Å². The lowest BCUT2D eigenvalue weighted by Crippen LogP contribution is -2.21. The van der Waals surface area contributed by atoms with Crippen LogP contribution < -0.4 is 15.8 Å². The zero-order valence-corrected chi connectivity index (χ0v) is 13.7. The Morgan fingerprint density at radius 2 is 2.24 bits per heavy atom. The second-order valence-corrected chi connectivity index (χ2v) is 5.55. The van der Waals surface area contributed by atoms with Crippen molar-refractivity contribution in [2.75, 3.05) is 19.0 Å². The average molecular weight is 357 g/mol. The molecule has 21 heavy (non-hydrogen) atoms. The first-order valence-corrected chi connectivity index (χ1v) is 7.26. The van der Waals surface area contributed by atoms with E-state index in [0.29, 0.717) is 16.9 Å². The fourth-order valence-electron chi connectivity index (χ4n) is 2.33. The molecular formula is C14H18BrFN4O. The molecule has 2 rings (SSSR count). The molecule has 1 unspecified atom stereocenters. The molecule has 2 aromatic rings. The smallest absolute Gasteiger partial charge is 0.216 e. The van der Waals surface area contributed by atoms with E-state index < -0.39 is 0 Å². The van der Waals surface area contributed by atoms with Gasteiger partial charge in [-0.1, -0.05) is 0 Å². The maximum absolute atomic E-state index is 13.3. The molecule has 0 aliphatic rings. The van der Waals surface area contributed by atoms with E-state index in [-0.39, 0.29) is 11.9 Å². The van der Waals surface area contributed by atoms with Crippen LogP contribution >= 0.6 is 15.9 Å². The number of aryl methyl sites for hydroxylation is 2. The molecule has 0 fully saturated rings. The minimum Gasteiger partial charge on any atom is -0.481 e. The van der Waals surface area contributed by atoms with Crippen LogP contribution in [-0.2, 0) is 7.05 Å². The van der Waals surface area contributed by atoms with Crippen LogP contribution in [0.3, 0.4) is 0 Å². The molecule has 0 saturated carbocycles. The maximum atomic E-state index is 13.3. The molecule has 3 N–H and O–H groups in total. The highest BCUT2D eigenvalue weighted by molar-refractivity contribution is 9.10. The Labute approximate surface area is 131 Å². The zero-order chi connectivity index (χ0) is 15.6. The van der Waals surface area contributed by atoms with E-state index in [9.17, 15) is 4.39 Å². The van der Waals surface area contributed by atoms with Crippen molar-refractivity contribution in [3.63, 3.8) is 0 Å². The van der Waals surface area contributed by atoms with Gasteiger partial charge in [0.1, 0.15) is 5.82 Å². The normalized spacial score (nSPS) is 12.3. The Morgan fingerprint density at radius 1 is 1.52 bits per heavy atom. The topological polar surface area (TPSA) is 65.1 Å². The predicted molar refractivity (Wildman–Crippen MR) is 84.0 cm³/mol. The van der Waals surface area contributed by atoms with Crippen molar-refractivity contribution >= 4 is 21.6 Å². The first-order valence-electron chi connectivity index (χ1n) is 6.47. The lowest BCUT2D eigenvalue weighted by molar-refractivity contribution is 0.367. The number of nitrogens with one attached hydrogen (secondary N) is 1. The number of ether oxygens (including phenoxy) is 1. The molecule has 0 saturated heterocycles. The van der Waals surface area contributed by atoms with Crippen LogP contribution in [0, 0.1) is 12.7 Å². The van der Waals surface area contributed by atoms with Gasteiger partial charge in [0.05, 0.1) is 28.9 Å². The number of hydrogen-bond acceptors (Lipinski definition) is 4. The molecule has 0 bridgehead atoms. The summed E-state index contributed by atoms with van der Waals surface area (Å²) in [6.07, 6.45) is 0. The van der Waals surface area contributed by atoms with Gasteiger partial charge in [-0.15, -0.1) is 0 Å². The minimum atomic E-state index is -0.306. The highest BCUT2D eigenvalue weighted by Gasteiger charge is 2.22. The van der Waals surface area contributed by atoms with E-state index >= 15 is 0 Å². The molecule has 1 heterocycles. The van der Waals surface area contributed by atoms with Gasteiger partial charge in [0.2, 0.25) is 5.88 Å². The van der Waals surface area contributed by atoms with Crippen molar-refractivity contribution in [1.82, 2.24) is 9.78 Å². The fraction of sp³-hybridized carbons (Fsp3) is 0.357. The van der Waals surface area contributed by atoms with Gasteiger partial charge in [-0.25, -0.2) is 9.07 Å². The Kier molecular flexibility index (Phi) is 4.84. The standard InChI is InChI=1S/C14H18BrFN4O/c1-8-13(14(21-3)20(2)19-8)12(7-17)18-9-4-5-11(16)10(15)6-9/h4-6,12,18H,7,17H2,1-3H3. The van der Waals surface area contributed by atoms with Crippen molar-refractivity contribution in [1.29, 1.82) is 0 Å². The van der Waals surface area contributed by atoms with Crippen molar-refractivity contribution < 1.29 is 9.13 Å². The highest BCUT2D eigenvalue weighted by atomic mass is 79.9. The Morgan fingerprint density at radius 3 is 2.81 bits per heavy atom. The number of rotatable bonds is 5. The molecule has 0 spiro atoms. The number of hydrogen-bond donors (Lipinski definition) is 2. The van der Waals surface area contributed by atoms with E-state index in [2.05, 4.69) is 26.3 Å². The first-order chi connectivity index (χ1) is 9.97.